The molecular weight excluding hydrogens is 608 g/mol. The number of benzene rings is 3. The van der Waals surface area contributed by atoms with Crippen LogP contribution in [0.25, 0.3) is 0 Å². The minimum absolute atomic E-state index is 0.0185. The maximum absolute atomic E-state index is 13.8. The van der Waals surface area contributed by atoms with Crippen molar-refractivity contribution in [1.82, 2.24) is 20.2 Å². The van der Waals surface area contributed by atoms with Gasteiger partial charge >= 0.3 is 11.9 Å². The summed E-state index contributed by atoms with van der Waals surface area (Å²) in [5, 5.41) is 5.51. The first-order valence-electron chi connectivity index (χ1n) is 15.7. The predicted molar refractivity (Wildman–Crippen MR) is 180 cm³/mol. The van der Waals surface area contributed by atoms with Gasteiger partial charge in [-0.3, -0.25) is 14.4 Å². The maximum atomic E-state index is 13.8. The second kappa shape index (κ2) is 15.7. The van der Waals surface area contributed by atoms with Crippen LogP contribution in [0.3, 0.4) is 0 Å². The van der Waals surface area contributed by atoms with E-state index in [4.69, 9.17) is 14.5 Å². The Bertz CT molecular complexity index is 1690. The third-order valence-corrected chi connectivity index (χ3v) is 8.36. The fourth-order valence-electron chi connectivity index (χ4n) is 5.95. The summed E-state index contributed by atoms with van der Waals surface area (Å²) in [6, 6.07) is 28.1. The molecule has 0 spiro atoms. The van der Waals surface area contributed by atoms with E-state index in [0.717, 1.165) is 16.7 Å². The second-order valence-electron chi connectivity index (χ2n) is 11.3. The van der Waals surface area contributed by atoms with Gasteiger partial charge in [-0.25, -0.2) is 9.78 Å². The van der Waals surface area contributed by atoms with Crippen LogP contribution in [0.2, 0.25) is 0 Å². The Labute approximate surface area is 279 Å². The average molecular weight is 647 g/mol. The molecule has 0 unspecified atom stereocenters. The van der Waals surface area contributed by atoms with Crippen LogP contribution in [0.15, 0.2) is 127 Å². The summed E-state index contributed by atoms with van der Waals surface area (Å²) in [7, 11) is 2.44. The molecule has 5 rings (SSSR count). The summed E-state index contributed by atoms with van der Waals surface area (Å²) in [5.41, 5.74) is 3.22. The molecule has 1 aliphatic rings. The van der Waals surface area contributed by atoms with E-state index in [2.05, 4.69) is 47.0 Å². The number of hydrogen-bond acceptors (Lipinski definition) is 7. The molecule has 1 aliphatic carbocycles. The molecule has 10 nitrogen and oxygen atoms in total. The number of nitrogens with one attached hydrogen (secondary N) is 2. The Hall–Kier alpha value is -5.77. The lowest BCUT2D eigenvalue weighted by Gasteiger charge is -2.37. The molecule has 1 heterocycles. The van der Waals surface area contributed by atoms with Gasteiger partial charge in [0.1, 0.15) is 17.6 Å². The number of ether oxygens (including phenoxy) is 2. The number of imidazole rings is 1. The van der Waals surface area contributed by atoms with E-state index in [0.29, 0.717) is 17.7 Å². The molecular formula is C38H38N4O6. The van der Waals surface area contributed by atoms with Gasteiger partial charge < -0.3 is 24.7 Å². The van der Waals surface area contributed by atoms with E-state index in [-0.39, 0.29) is 19.3 Å². The fourth-order valence-corrected chi connectivity index (χ4v) is 5.95. The van der Waals surface area contributed by atoms with E-state index >= 15 is 0 Å². The predicted octanol–water partition coefficient (Wildman–Crippen LogP) is 4.25. The zero-order valence-corrected chi connectivity index (χ0v) is 26.9. The van der Waals surface area contributed by atoms with Gasteiger partial charge in [-0.2, -0.15) is 0 Å². The number of amides is 2. The largest absolute Gasteiger partial charge is 0.469 e. The highest BCUT2D eigenvalue weighted by Gasteiger charge is 2.39. The monoisotopic (exact) mass is 646 g/mol. The van der Waals surface area contributed by atoms with E-state index in [1.54, 1.807) is 18.5 Å². The smallest absolute Gasteiger partial charge is 0.328 e. The number of carbonyl (C=O) groups excluding carboxylic acids is 4. The molecule has 48 heavy (non-hydrogen) atoms. The Morgan fingerprint density at radius 3 is 1.90 bits per heavy atom. The van der Waals surface area contributed by atoms with E-state index < -0.39 is 41.4 Å². The number of methoxy groups -OCH3 is 2. The summed E-state index contributed by atoms with van der Waals surface area (Å²) >= 11 is 0. The number of esters is 2. The lowest BCUT2D eigenvalue weighted by Crippen LogP contribution is -2.53. The summed E-state index contributed by atoms with van der Waals surface area (Å²) < 4.78 is 11.6. The molecule has 3 aromatic carbocycles. The van der Waals surface area contributed by atoms with Crippen LogP contribution in [0, 0.1) is 0 Å². The van der Waals surface area contributed by atoms with Gasteiger partial charge in [0, 0.05) is 24.6 Å². The van der Waals surface area contributed by atoms with Crippen molar-refractivity contribution in [3.05, 3.63) is 150 Å². The SMILES string of the molecule is COC(=O)CC[C@H](NC(=O)[C@H](Cc1cn(C(c2ccccc2)(c2ccccc2)c2ccccc2)cn1)NC(=O)C1=CC=CC1)C(=O)OC. The van der Waals surface area contributed by atoms with Gasteiger partial charge in [0.15, 0.2) is 0 Å². The van der Waals surface area contributed by atoms with Crippen molar-refractivity contribution >= 4 is 23.8 Å². The van der Waals surface area contributed by atoms with E-state index in [9.17, 15) is 19.2 Å². The molecule has 4 aromatic rings. The highest BCUT2D eigenvalue weighted by molar-refractivity contribution is 5.98. The molecule has 0 saturated carbocycles. The highest BCUT2D eigenvalue weighted by Crippen LogP contribution is 2.40. The third-order valence-electron chi connectivity index (χ3n) is 8.36. The van der Waals surface area contributed by atoms with Gasteiger partial charge in [-0.05, 0) is 29.5 Å². The lowest BCUT2D eigenvalue weighted by molar-refractivity contribution is -0.146. The van der Waals surface area contributed by atoms with Crippen LogP contribution in [0.4, 0.5) is 0 Å². The first kappa shape index (κ1) is 33.6. The molecule has 0 fully saturated rings. The van der Waals surface area contributed by atoms with Crippen LogP contribution in [-0.2, 0) is 40.6 Å². The molecule has 2 amide bonds. The summed E-state index contributed by atoms with van der Waals surface area (Å²) in [4.78, 5) is 56.1. The van der Waals surface area contributed by atoms with Crippen LogP contribution in [-0.4, -0.2) is 59.6 Å². The molecule has 0 bridgehead atoms. The average Bonchev–Trinajstić information content (AvgIpc) is 3.85. The standard InChI is InChI=1S/C38H38N4O6/c1-47-34(43)23-22-32(37(46)48-2)40-36(45)33(41-35(44)27-14-12-13-15-27)24-31-25-42(26-39-31)38(28-16-6-3-7-17-28,29-18-8-4-9-19-29)30-20-10-5-11-21-30/h3-14,16-21,25-26,32-33H,15,22-24H2,1-2H3,(H,40,45)(H,41,44)/t32-,33-/m0/s1. The summed E-state index contributed by atoms with van der Waals surface area (Å²) in [6.07, 6.45) is 9.24. The summed E-state index contributed by atoms with van der Waals surface area (Å²) in [5.74, 6) is -2.28. The zero-order valence-electron chi connectivity index (χ0n) is 26.9. The minimum atomic E-state index is -1.13. The van der Waals surface area contributed by atoms with Crippen molar-refractivity contribution in [2.45, 2.75) is 43.3 Å². The number of carbonyl (C=O) groups is 4. The molecule has 246 valence electrons. The molecule has 0 radical (unpaired) electrons. The molecule has 0 aliphatic heterocycles. The second-order valence-corrected chi connectivity index (χ2v) is 11.3. The number of allylic oxidation sites excluding steroid dienone is 3. The van der Waals surface area contributed by atoms with Crippen molar-refractivity contribution in [1.29, 1.82) is 0 Å². The fraction of sp³-hybridized carbons (Fsp3) is 0.237. The van der Waals surface area contributed by atoms with Crippen molar-refractivity contribution in [3.8, 4) is 0 Å². The van der Waals surface area contributed by atoms with Crippen molar-refractivity contribution < 1.29 is 28.7 Å². The molecule has 10 heteroatoms. The molecule has 0 saturated heterocycles. The maximum Gasteiger partial charge on any atom is 0.328 e. The molecule has 1 aromatic heterocycles. The third kappa shape index (κ3) is 7.44. The molecule has 2 atom stereocenters. The number of nitrogens with zero attached hydrogens (tertiary/aromatic N) is 2. The number of rotatable bonds is 14. The van der Waals surface area contributed by atoms with Crippen LogP contribution < -0.4 is 10.6 Å². The minimum Gasteiger partial charge on any atom is -0.469 e. The van der Waals surface area contributed by atoms with Crippen LogP contribution in [0.5, 0.6) is 0 Å². The van der Waals surface area contributed by atoms with Crippen LogP contribution in [0.1, 0.15) is 41.6 Å². The Morgan fingerprint density at radius 1 is 0.812 bits per heavy atom. The number of hydrogen-bond donors (Lipinski definition) is 2. The topological polar surface area (TPSA) is 129 Å². The quantitative estimate of drug-likeness (QED) is 0.155. The highest BCUT2D eigenvalue weighted by atomic mass is 16.5. The van der Waals surface area contributed by atoms with E-state index in [1.165, 1.54) is 14.2 Å². The van der Waals surface area contributed by atoms with Gasteiger partial charge in [0.05, 0.1) is 26.2 Å². The lowest BCUT2D eigenvalue weighted by atomic mass is 9.77. The van der Waals surface area contributed by atoms with Crippen molar-refractivity contribution in [3.63, 3.8) is 0 Å². The first-order chi connectivity index (χ1) is 23.4. The van der Waals surface area contributed by atoms with E-state index in [1.807, 2.05) is 71.4 Å². The zero-order chi connectivity index (χ0) is 33.9. The Kier molecular flexibility index (Phi) is 11.0. The molecule has 2 N–H and O–H groups in total. The normalized spacial score (nSPS) is 13.6. The number of aromatic nitrogens is 2. The Morgan fingerprint density at radius 2 is 1.40 bits per heavy atom. The van der Waals surface area contributed by atoms with Gasteiger partial charge in [0.25, 0.3) is 0 Å². The van der Waals surface area contributed by atoms with Crippen molar-refractivity contribution in [2.24, 2.45) is 0 Å². The van der Waals surface area contributed by atoms with Gasteiger partial charge in [-0.15, -0.1) is 0 Å². The van der Waals surface area contributed by atoms with Gasteiger partial charge in [0.2, 0.25) is 11.8 Å². The van der Waals surface area contributed by atoms with Crippen LogP contribution >= 0.6 is 0 Å². The Balaban J connectivity index is 1.52. The first-order valence-corrected chi connectivity index (χ1v) is 15.7. The van der Waals surface area contributed by atoms with Crippen molar-refractivity contribution in [2.75, 3.05) is 14.2 Å². The summed E-state index contributed by atoms with van der Waals surface area (Å²) in [6.45, 7) is 0. The van der Waals surface area contributed by atoms with Gasteiger partial charge in [-0.1, -0.05) is 109 Å².